The minimum absolute atomic E-state index is 0.0282. The molecule has 0 aliphatic heterocycles. The monoisotopic (exact) mass is 1500 g/mol. The summed E-state index contributed by atoms with van der Waals surface area (Å²) in [6, 6.07) is 0. The van der Waals surface area contributed by atoms with Crippen LogP contribution in [0.4, 0.5) is 0 Å². The molecule has 0 aromatic heterocycles. The van der Waals surface area contributed by atoms with Crippen LogP contribution >= 0.6 is 15.6 Å². The Hall–Kier alpha value is -4.54. The van der Waals surface area contributed by atoms with E-state index in [0.29, 0.717) is 32.1 Å². The molecule has 598 valence electrons. The molecule has 17 nitrogen and oxygen atoms in total. The van der Waals surface area contributed by atoms with Crippen LogP contribution in [0, 0.1) is 0 Å². The maximum atomic E-state index is 13.1. The van der Waals surface area contributed by atoms with Gasteiger partial charge in [0.05, 0.1) is 26.4 Å². The number of hydrogen-bond donors (Lipinski definition) is 3. The zero-order chi connectivity index (χ0) is 76.0. The highest BCUT2D eigenvalue weighted by atomic mass is 31.2. The molecule has 0 aromatic carbocycles. The molecule has 0 fully saturated rings. The molecule has 5 atom stereocenters. The molecule has 2 unspecified atom stereocenters. The Labute approximate surface area is 632 Å². The van der Waals surface area contributed by atoms with Crippen molar-refractivity contribution in [2.24, 2.45) is 0 Å². The van der Waals surface area contributed by atoms with E-state index in [-0.39, 0.29) is 25.7 Å². The lowest BCUT2D eigenvalue weighted by Crippen LogP contribution is -2.30. The van der Waals surface area contributed by atoms with Crippen LogP contribution in [0.3, 0.4) is 0 Å². The number of carbonyl (C=O) groups excluding carboxylic acids is 4. The summed E-state index contributed by atoms with van der Waals surface area (Å²) in [6.07, 6.45) is 84.8. The fourth-order valence-electron chi connectivity index (χ4n) is 10.8. The van der Waals surface area contributed by atoms with Crippen molar-refractivity contribution < 1.29 is 80.2 Å². The topological polar surface area (TPSA) is 237 Å². The van der Waals surface area contributed by atoms with Crippen LogP contribution in [-0.2, 0) is 65.4 Å². The normalized spacial score (nSPS) is 14.5. The Morgan fingerprint density at radius 3 is 0.846 bits per heavy atom. The number of phosphoric ester groups is 2. The smallest absolute Gasteiger partial charge is 0.462 e. The number of esters is 4. The summed E-state index contributed by atoms with van der Waals surface area (Å²) in [7, 11) is -9.99. The molecule has 0 amide bonds. The number of aliphatic hydroxyl groups excluding tert-OH is 1. The van der Waals surface area contributed by atoms with Gasteiger partial charge in [0.2, 0.25) is 0 Å². The second-order valence-corrected chi connectivity index (χ2v) is 29.9. The van der Waals surface area contributed by atoms with Gasteiger partial charge in [-0.15, -0.1) is 0 Å². The van der Waals surface area contributed by atoms with Crippen molar-refractivity contribution in [1.29, 1.82) is 0 Å². The van der Waals surface area contributed by atoms with E-state index in [1.165, 1.54) is 122 Å². The summed E-state index contributed by atoms with van der Waals surface area (Å²) in [4.78, 5) is 73.0. The Kier molecular flexibility index (Phi) is 73.3. The Morgan fingerprint density at radius 2 is 0.519 bits per heavy atom. The van der Waals surface area contributed by atoms with Crippen molar-refractivity contribution in [2.45, 2.75) is 354 Å². The lowest BCUT2D eigenvalue weighted by Gasteiger charge is -2.21. The fraction of sp³-hybridized carbons (Fsp3) is 0.718. The molecular formula is C85H146O17P2. The number of aliphatic hydroxyl groups is 1. The van der Waals surface area contributed by atoms with Gasteiger partial charge in [-0.2, -0.15) is 0 Å². The first-order chi connectivity index (χ1) is 50.7. The molecule has 0 aliphatic rings. The van der Waals surface area contributed by atoms with Gasteiger partial charge in [0.15, 0.2) is 12.2 Å². The molecule has 0 saturated heterocycles. The molecule has 0 aliphatic carbocycles. The van der Waals surface area contributed by atoms with Crippen LogP contribution in [0.1, 0.15) is 336 Å². The fourth-order valence-corrected chi connectivity index (χ4v) is 12.3. The van der Waals surface area contributed by atoms with Crippen LogP contribution in [0.15, 0.2) is 122 Å². The summed E-state index contributed by atoms with van der Waals surface area (Å²) in [5, 5.41) is 10.6. The van der Waals surface area contributed by atoms with E-state index in [0.717, 1.165) is 128 Å². The summed E-state index contributed by atoms with van der Waals surface area (Å²) in [5.41, 5.74) is 0. The van der Waals surface area contributed by atoms with Gasteiger partial charge in [0.25, 0.3) is 0 Å². The third kappa shape index (κ3) is 75.7. The quantitative estimate of drug-likeness (QED) is 0.0169. The summed E-state index contributed by atoms with van der Waals surface area (Å²) in [6.45, 7) is 4.64. The zero-order valence-corrected chi connectivity index (χ0v) is 67.2. The van der Waals surface area contributed by atoms with E-state index in [9.17, 15) is 43.2 Å². The van der Waals surface area contributed by atoms with E-state index < -0.39 is 97.5 Å². The van der Waals surface area contributed by atoms with Gasteiger partial charge in [0, 0.05) is 25.7 Å². The molecule has 0 bridgehead atoms. The molecule has 0 saturated carbocycles. The van der Waals surface area contributed by atoms with Crippen LogP contribution in [0.25, 0.3) is 0 Å². The molecule has 104 heavy (non-hydrogen) atoms. The van der Waals surface area contributed by atoms with Crippen molar-refractivity contribution >= 4 is 39.5 Å². The van der Waals surface area contributed by atoms with Crippen molar-refractivity contribution in [3.63, 3.8) is 0 Å². The molecule has 3 N–H and O–H groups in total. The first-order valence-corrected chi connectivity index (χ1v) is 43.8. The maximum absolute atomic E-state index is 13.1. The average Bonchev–Trinajstić information content (AvgIpc) is 0.926. The minimum atomic E-state index is -5.00. The molecule has 0 rings (SSSR count). The summed E-state index contributed by atoms with van der Waals surface area (Å²) < 4.78 is 68.5. The van der Waals surface area contributed by atoms with E-state index in [2.05, 4.69) is 131 Å². The van der Waals surface area contributed by atoms with Crippen LogP contribution in [0.2, 0.25) is 0 Å². The minimum Gasteiger partial charge on any atom is -0.462 e. The molecule has 0 aromatic rings. The molecule has 0 radical (unpaired) electrons. The van der Waals surface area contributed by atoms with Gasteiger partial charge in [-0.3, -0.25) is 37.3 Å². The van der Waals surface area contributed by atoms with Crippen molar-refractivity contribution in [2.75, 3.05) is 39.6 Å². The highest BCUT2D eigenvalue weighted by molar-refractivity contribution is 7.47. The van der Waals surface area contributed by atoms with Gasteiger partial charge in [-0.05, 0) is 109 Å². The van der Waals surface area contributed by atoms with Crippen LogP contribution in [-0.4, -0.2) is 96.7 Å². The largest absolute Gasteiger partial charge is 0.472 e. The lowest BCUT2D eigenvalue weighted by atomic mass is 10.0. The number of ether oxygens (including phenoxy) is 4. The summed E-state index contributed by atoms with van der Waals surface area (Å²) >= 11 is 0. The van der Waals surface area contributed by atoms with E-state index in [4.69, 9.17) is 37.0 Å². The number of hydrogen-bond acceptors (Lipinski definition) is 15. The Morgan fingerprint density at radius 1 is 0.279 bits per heavy atom. The number of carbonyl (C=O) groups is 4. The Balaban J connectivity index is 5.43. The second-order valence-electron chi connectivity index (χ2n) is 27.0. The third-order valence-corrected chi connectivity index (χ3v) is 18.9. The highest BCUT2D eigenvalue weighted by Gasteiger charge is 2.30. The van der Waals surface area contributed by atoms with Gasteiger partial charge < -0.3 is 33.8 Å². The third-order valence-electron chi connectivity index (χ3n) is 17.0. The van der Waals surface area contributed by atoms with E-state index in [1.807, 2.05) is 18.2 Å². The van der Waals surface area contributed by atoms with Crippen molar-refractivity contribution in [1.82, 2.24) is 0 Å². The van der Waals surface area contributed by atoms with Crippen molar-refractivity contribution in [3.8, 4) is 0 Å². The number of phosphoric acid groups is 2. The molecular weight excluding hydrogens is 1350 g/mol. The predicted molar refractivity (Wildman–Crippen MR) is 427 cm³/mol. The van der Waals surface area contributed by atoms with Crippen LogP contribution < -0.4 is 0 Å². The average molecular weight is 1500 g/mol. The summed E-state index contributed by atoms with van der Waals surface area (Å²) in [5.74, 6) is -2.29. The standard InChI is InChI=1S/C85H146O17P2/c1-5-9-13-17-21-25-29-33-35-37-39-41-43-47-50-54-58-62-66-70-83(88)96-76-80(101-84(89)71-67-63-59-55-51-46-32-28-24-20-16-12-8-4)77-99-103(91,92)97-73-79(86)74-98-104(93,94)100-78-81(75-95-82(87)69-65-61-57-53-49-45-31-27-23-19-15-11-7-3)102-85(90)72-68-64-60-56-52-48-44-42-40-38-36-34-30-26-22-18-14-10-6-2/h9,13,21-22,25-26,33-36,39-42,47-48,50,52,60,64,79-81,86H,5-8,10-12,14-20,23-24,27-32,37-38,43-46,49,51,53-59,61-63,65-78H2,1-4H3,(H,91,92)(H,93,94)/b13-9-,25-21-,26-22-,35-33-,36-34-,41-39-,42-40-,50-47-,52-48-,64-60-/t79-,80-,81-/m1/s1. The van der Waals surface area contributed by atoms with Gasteiger partial charge >= 0.3 is 39.5 Å². The van der Waals surface area contributed by atoms with E-state index in [1.54, 1.807) is 0 Å². The highest BCUT2D eigenvalue weighted by Crippen LogP contribution is 2.45. The number of unbranched alkanes of at least 4 members (excludes halogenated alkanes) is 30. The molecule has 0 heterocycles. The Bertz CT molecular complexity index is 2440. The second kappa shape index (κ2) is 76.6. The van der Waals surface area contributed by atoms with Gasteiger partial charge in [-0.25, -0.2) is 9.13 Å². The van der Waals surface area contributed by atoms with Gasteiger partial charge in [-0.1, -0.05) is 323 Å². The zero-order valence-electron chi connectivity index (χ0n) is 65.4. The number of rotatable bonds is 76. The molecule has 19 heteroatoms. The maximum Gasteiger partial charge on any atom is 0.472 e. The van der Waals surface area contributed by atoms with Gasteiger partial charge in [0.1, 0.15) is 19.3 Å². The van der Waals surface area contributed by atoms with Crippen molar-refractivity contribution in [3.05, 3.63) is 122 Å². The first-order valence-electron chi connectivity index (χ1n) is 40.8. The lowest BCUT2D eigenvalue weighted by molar-refractivity contribution is -0.161. The predicted octanol–water partition coefficient (Wildman–Crippen LogP) is 23.9. The van der Waals surface area contributed by atoms with E-state index >= 15 is 0 Å². The molecule has 0 spiro atoms. The first kappa shape index (κ1) is 99.5. The van der Waals surface area contributed by atoms with Crippen LogP contribution in [0.5, 0.6) is 0 Å². The number of allylic oxidation sites excluding steroid dienone is 20. The SMILES string of the molecule is CC/C=C\C/C=C\C/C=C\C/C=C\C/C=C\CCCCCC(=O)OC[C@H](COP(=O)(O)OC[C@@H](O)COP(=O)(O)OC[C@@H](COC(=O)CCCCCCCCCCCCCCC)OC(=O)CC/C=C\C/C=C\C/C=C\C/C=C\C/C=C\CCCCC)OC(=O)CCCCCCCCCCCCCCC.